The van der Waals surface area contributed by atoms with E-state index in [4.69, 9.17) is 9.47 Å². The monoisotopic (exact) mass is 316 g/mol. The van der Waals surface area contributed by atoms with Gasteiger partial charge >= 0.3 is 6.09 Å². The highest BCUT2D eigenvalue weighted by Crippen LogP contribution is 2.31. The lowest BCUT2D eigenvalue weighted by atomic mass is 10.3. The Morgan fingerprint density at radius 1 is 1.29 bits per heavy atom. The number of hydrogen-bond donors (Lipinski definition) is 2. The van der Waals surface area contributed by atoms with Crippen LogP contribution in [-0.2, 0) is 10.0 Å². The minimum atomic E-state index is -3.38. The lowest BCUT2D eigenvalue weighted by Crippen LogP contribution is -2.22. The topological polar surface area (TPSA) is 93.7 Å². The van der Waals surface area contributed by atoms with E-state index in [-0.39, 0.29) is 23.4 Å². The van der Waals surface area contributed by atoms with Crippen LogP contribution in [0.5, 0.6) is 11.5 Å². The number of hydrogen-bond acceptors (Lipinski definition) is 5. The van der Waals surface area contributed by atoms with Gasteiger partial charge in [0.25, 0.3) is 0 Å². The van der Waals surface area contributed by atoms with Crippen molar-refractivity contribution >= 4 is 21.8 Å². The predicted octanol–water partition coefficient (Wildman–Crippen LogP) is 1.95. The number of amides is 1. The molecule has 0 bridgehead atoms. The van der Waals surface area contributed by atoms with Crippen LogP contribution in [0.4, 0.5) is 10.5 Å². The number of carbonyl (C=O) groups excluding carboxylic acids is 1. The molecule has 21 heavy (non-hydrogen) atoms. The summed E-state index contributed by atoms with van der Waals surface area (Å²) in [6, 6.07) is 4.45. The van der Waals surface area contributed by atoms with Crippen LogP contribution >= 0.6 is 0 Å². The summed E-state index contributed by atoms with van der Waals surface area (Å²) in [6.07, 6.45) is -0.791. The lowest BCUT2D eigenvalue weighted by molar-refractivity contribution is 0.194. The molecular formula is C13H20N2O5S. The number of ether oxygens (including phenoxy) is 2. The molecule has 0 saturated carbocycles. The highest BCUT2D eigenvalue weighted by Gasteiger charge is 2.14. The van der Waals surface area contributed by atoms with Gasteiger partial charge in [0, 0.05) is 13.1 Å². The van der Waals surface area contributed by atoms with E-state index in [0.29, 0.717) is 5.69 Å². The van der Waals surface area contributed by atoms with Gasteiger partial charge in [0.2, 0.25) is 10.0 Å². The number of carbonyl (C=O) groups is 1. The molecule has 0 aliphatic carbocycles. The fourth-order valence-corrected chi connectivity index (χ4v) is 2.03. The third-order valence-electron chi connectivity index (χ3n) is 2.37. The van der Waals surface area contributed by atoms with Crippen LogP contribution in [0.3, 0.4) is 0 Å². The number of nitrogens with one attached hydrogen (secondary N) is 2. The smallest absolute Gasteiger partial charge is 0.412 e. The second-order valence-corrected chi connectivity index (χ2v) is 6.48. The third-order valence-corrected chi connectivity index (χ3v) is 3.67. The fraction of sp³-hybridized carbons (Fsp3) is 0.462. The molecule has 118 valence electrons. The van der Waals surface area contributed by atoms with Crippen molar-refractivity contribution in [1.29, 1.82) is 0 Å². The van der Waals surface area contributed by atoms with Crippen molar-refractivity contribution in [1.82, 2.24) is 5.32 Å². The summed E-state index contributed by atoms with van der Waals surface area (Å²) in [5.74, 6) is 0.455. The van der Waals surface area contributed by atoms with E-state index in [1.54, 1.807) is 0 Å². The first-order chi connectivity index (χ1) is 9.77. The van der Waals surface area contributed by atoms with Crippen LogP contribution in [0.15, 0.2) is 18.2 Å². The van der Waals surface area contributed by atoms with E-state index in [1.165, 1.54) is 32.2 Å². The van der Waals surface area contributed by atoms with Crippen molar-refractivity contribution in [2.45, 2.75) is 26.9 Å². The first kappa shape index (κ1) is 17.1. The zero-order valence-corrected chi connectivity index (χ0v) is 13.3. The number of rotatable bonds is 6. The Labute approximate surface area is 124 Å². The Hall–Kier alpha value is -1.96. The predicted molar refractivity (Wildman–Crippen MR) is 80.4 cm³/mol. The minimum absolute atomic E-state index is 0.0378. The molecule has 0 aliphatic rings. The van der Waals surface area contributed by atoms with Gasteiger partial charge in [-0.2, -0.15) is 0 Å². The van der Waals surface area contributed by atoms with Gasteiger partial charge in [-0.3, -0.25) is 4.72 Å². The maximum Gasteiger partial charge on any atom is 0.412 e. The Morgan fingerprint density at radius 3 is 2.48 bits per heavy atom. The van der Waals surface area contributed by atoms with Crippen molar-refractivity contribution in [2.24, 2.45) is 0 Å². The average Bonchev–Trinajstić information content (AvgIpc) is 2.40. The SMILES string of the molecule is CCS(=O)(=O)Nc1ccc(OC(=O)NC)c(OC(C)C)c1. The van der Waals surface area contributed by atoms with Crippen LogP contribution in [0, 0.1) is 0 Å². The molecule has 0 fully saturated rings. The Morgan fingerprint density at radius 2 is 1.95 bits per heavy atom. The normalized spacial score (nSPS) is 11.1. The van der Waals surface area contributed by atoms with E-state index < -0.39 is 16.1 Å². The second kappa shape index (κ2) is 7.16. The molecule has 0 saturated heterocycles. The van der Waals surface area contributed by atoms with Gasteiger partial charge in [0.1, 0.15) is 0 Å². The van der Waals surface area contributed by atoms with Gasteiger partial charge in [-0.25, -0.2) is 13.2 Å². The van der Waals surface area contributed by atoms with Gasteiger partial charge in [-0.1, -0.05) is 0 Å². The van der Waals surface area contributed by atoms with Crippen molar-refractivity contribution in [3.63, 3.8) is 0 Å². The standard InChI is InChI=1S/C13H20N2O5S/c1-5-21(17,18)15-10-6-7-11(20-13(16)14-4)12(8-10)19-9(2)3/h6-9,15H,5H2,1-4H3,(H,14,16). The molecule has 2 N–H and O–H groups in total. The molecular weight excluding hydrogens is 296 g/mol. The Kier molecular flexibility index (Phi) is 5.83. The van der Waals surface area contributed by atoms with E-state index in [0.717, 1.165) is 0 Å². The number of anilines is 1. The second-order valence-electron chi connectivity index (χ2n) is 4.47. The van der Waals surface area contributed by atoms with Crippen LogP contribution in [0.1, 0.15) is 20.8 Å². The summed E-state index contributed by atoms with van der Waals surface area (Å²) in [5, 5.41) is 2.33. The van der Waals surface area contributed by atoms with Gasteiger partial charge in [-0.05, 0) is 32.9 Å². The fourth-order valence-electron chi connectivity index (χ4n) is 1.40. The van der Waals surface area contributed by atoms with Crippen LogP contribution in [0.2, 0.25) is 0 Å². The molecule has 0 aromatic heterocycles. The first-order valence-electron chi connectivity index (χ1n) is 6.48. The maximum absolute atomic E-state index is 11.6. The third kappa shape index (κ3) is 5.50. The molecule has 0 radical (unpaired) electrons. The quantitative estimate of drug-likeness (QED) is 0.836. The Balaban J connectivity index is 3.09. The molecule has 0 spiro atoms. The maximum atomic E-state index is 11.6. The zero-order chi connectivity index (χ0) is 16.0. The summed E-state index contributed by atoms with van der Waals surface area (Å²) in [5.41, 5.74) is 0.344. The summed E-state index contributed by atoms with van der Waals surface area (Å²) >= 11 is 0. The number of benzene rings is 1. The first-order valence-corrected chi connectivity index (χ1v) is 8.13. The van der Waals surface area contributed by atoms with Crippen LogP contribution in [-0.4, -0.2) is 33.4 Å². The molecule has 1 rings (SSSR count). The molecule has 8 heteroatoms. The van der Waals surface area contributed by atoms with Crippen molar-refractivity contribution in [2.75, 3.05) is 17.5 Å². The average molecular weight is 316 g/mol. The highest BCUT2D eigenvalue weighted by atomic mass is 32.2. The summed E-state index contributed by atoms with van der Waals surface area (Å²) in [7, 11) is -1.94. The van der Waals surface area contributed by atoms with Crippen molar-refractivity contribution in [3.8, 4) is 11.5 Å². The molecule has 0 heterocycles. The molecule has 1 aromatic carbocycles. The zero-order valence-electron chi connectivity index (χ0n) is 12.5. The van der Waals surface area contributed by atoms with Gasteiger partial charge in [-0.15, -0.1) is 0 Å². The van der Waals surface area contributed by atoms with Crippen molar-refractivity contribution < 1.29 is 22.7 Å². The lowest BCUT2D eigenvalue weighted by Gasteiger charge is -2.15. The summed E-state index contributed by atoms with van der Waals surface area (Å²) in [6.45, 7) is 5.16. The number of sulfonamides is 1. The largest absolute Gasteiger partial charge is 0.487 e. The van der Waals surface area contributed by atoms with Gasteiger partial charge < -0.3 is 14.8 Å². The van der Waals surface area contributed by atoms with Gasteiger partial charge in [0.05, 0.1) is 17.5 Å². The summed E-state index contributed by atoms with van der Waals surface area (Å²) in [4.78, 5) is 11.3. The van der Waals surface area contributed by atoms with Gasteiger partial charge in [0.15, 0.2) is 11.5 Å². The minimum Gasteiger partial charge on any atom is -0.487 e. The van der Waals surface area contributed by atoms with E-state index in [2.05, 4.69) is 10.0 Å². The molecule has 1 aromatic rings. The molecule has 0 unspecified atom stereocenters. The molecule has 0 aliphatic heterocycles. The van der Waals surface area contributed by atoms with Crippen molar-refractivity contribution in [3.05, 3.63) is 18.2 Å². The van der Waals surface area contributed by atoms with Crippen LogP contribution in [0.25, 0.3) is 0 Å². The van der Waals surface area contributed by atoms with E-state index in [9.17, 15) is 13.2 Å². The Bertz CT molecular complexity index is 599. The summed E-state index contributed by atoms with van der Waals surface area (Å²) < 4.78 is 36.1. The highest BCUT2D eigenvalue weighted by molar-refractivity contribution is 7.92. The molecule has 7 nitrogen and oxygen atoms in total. The molecule has 1 amide bonds. The van der Waals surface area contributed by atoms with E-state index >= 15 is 0 Å². The molecule has 0 atom stereocenters. The van der Waals surface area contributed by atoms with E-state index in [1.807, 2.05) is 13.8 Å². The van der Waals surface area contributed by atoms with Crippen LogP contribution < -0.4 is 19.5 Å².